The van der Waals surface area contributed by atoms with E-state index in [0.717, 1.165) is 40.9 Å². The summed E-state index contributed by atoms with van der Waals surface area (Å²) in [4.78, 5) is 16.9. The summed E-state index contributed by atoms with van der Waals surface area (Å²) < 4.78 is 19.1. The van der Waals surface area contributed by atoms with Crippen LogP contribution in [0.3, 0.4) is 0 Å². The Morgan fingerprint density at radius 2 is 1.88 bits per heavy atom. The van der Waals surface area contributed by atoms with Gasteiger partial charge in [-0.3, -0.25) is 9.78 Å². The molecular formula is C27H32FNO3. The molecule has 1 aromatic heterocycles. The van der Waals surface area contributed by atoms with E-state index >= 15 is 0 Å². The Morgan fingerprint density at radius 1 is 1.16 bits per heavy atom. The van der Waals surface area contributed by atoms with E-state index < -0.39 is 12.2 Å². The van der Waals surface area contributed by atoms with Crippen LogP contribution >= 0.6 is 0 Å². The molecule has 2 aromatic rings. The fourth-order valence-corrected chi connectivity index (χ4v) is 4.75. The van der Waals surface area contributed by atoms with Gasteiger partial charge in [0.2, 0.25) is 0 Å². The van der Waals surface area contributed by atoms with E-state index in [-0.39, 0.29) is 24.1 Å². The molecule has 1 saturated carbocycles. The summed E-state index contributed by atoms with van der Waals surface area (Å²) in [5.41, 5.74) is 5.07. The van der Waals surface area contributed by atoms with E-state index in [1.54, 1.807) is 12.1 Å². The molecule has 0 spiro atoms. The molecule has 5 heteroatoms. The summed E-state index contributed by atoms with van der Waals surface area (Å²) in [6.45, 7) is 4.28. The third-order valence-corrected chi connectivity index (χ3v) is 6.51. The van der Waals surface area contributed by atoms with Crippen LogP contribution in [0.4, 0.5) is 4.39 Å². The van der Waals surface area contributed by atoms with Gasteiger partial charge in [0.1, 0.15) is 11.9 Å². The third-order valence-electron chi connectivity index (χ3n) is 6.51. The van der Waals surface area contributed by atoms with Crippen molar-refractivity contribution in [3.63, 3.8) is 0 Å². The minimum atomic E-state index is -0.679. The molecule has 4 rings (SSSR count). The summed E-state index contributed by atoms with van der Waals surface area (Å²) in [7, 11) is 0. The second-order valence-electron chi connectivity index (χ2n) is 9.37. The SMILES string of the molecule is CC(C)c1cc(-c2ccc(F)cc2)c(C=C[C@@H]2C[C@@H](O)CC(=O)O2)c(C2CCCCC2)n1. The Morgan fingerprint density at radius 3 is 2.53 bits per heavy atom. The van der Waals surface area contributed by atoms with Crippen LogP contribution in [0, 0.1) is 5.82 Å². The predicted molar refractivity (Wildman–Crippen MR) is 124 cm³/mol. The lowest BCUT2D eigenvalue weighted by Crippen LogP contribution is -2.31. The quantitative estimate of drug-likeness (QED) is 0.571. The van der Waals surface area contributed by atoms with Gasteiger partial charge in [-0.1, -0.05) is 51.3 Å². The lowest BCUT2D eigenvalue weighted by molar-refractivity contribution is -0.156. The number of aromatic nitrogens is 1. The number of hydrogen-bond donors (Lipinski definition) is 1. The second-order valence-corrected chi connectivity index (χ2v) is 9.37. The van der Waals surface area contributed by atoms with Crippen LogP contribution in [0.2, 0.25) is 0 Å². The van der Waals surface area contributed by atoms with Crippen LogP contribution in [0.15, 0.2) is 36.4 Å². The number of ether oxygens (including phenoxy) is 1. The molecule has 1 N–H and O–H groups in total. The largest absolute Gasteiger partial charge is 0.458 e. The van der Waals surface area contributed by atoms with Gasteiger partial charge in [-0.05, 0) is 54.2 Å². The Kier molecular flexibility index (Phi) is 7.04. The zero-order chi connectivity index (χ0) is 22.7. The number of halogens is 1. The summed E-state index contributed by atoms with van der Waals surface area (Å²) in [5.74, 6) is 0.00217. The smallest absolute Gasteiger partial charge is 0.309 e. The van der Waals surface area contributed by atoms with E-state index in [0.29, 0.717) is 12.3 Å². The first-order valence-electron chi connectivity index (χ1n) is 11.8. The zero-order valence-electron chi connectivity index (χ0n) is 18.9. The lowest BCUT2D eigenvalue weighted by atomic mass is 9.82. The number of hydrogen-bond acceptors (Lipinski definition) is 4. The second kappa shape index (κ2) is 9.95. The Labute approximate surface area is 189 Å². The van der Waals surface area contributed by atoms with E-state index in [4.69, 9.17) is 9.72 Å². The van der Waals surface area contributed by atoms with E-state index in [1.165, 1.54) is 31.4 Å². The maximum Gasteiger partial charge on any atom is 0.309 e. The third kappa shape index (κ3) is 5.26. The van der Waals surface area contributed by atoms with Gasteiger partial charge in [-0.2, -0.15) is 0 Å². The number of aliphatic hydroxyl groups excluding tert-OH is 1. The fourth-order valence-electron chi connectivity index (χ4n) is 4.75. The van der Waals surface area contributed by atoms with Crippen molar-refractivity contribution in [1.29, 1.82) is 0 Å². The molecule has 170 valence electrons. The van der Waals surface area contributed by atoms with Crippen LogP contribution in [0.25, 0.3) is 17.2 Å². The Hall–Kier alpha value is -2.53. The monoisotopic (exact) mass is 437 g/mol. The average molecular weight is 438 g/mol. The molecular weight excluding hydrogens is 405 g/mol. The van der Waals surface area contributed by atoms with E-state index in [9.17, 15) is 14.3 Å². The maximum atomic E-state index is 13.6. The molecule has 1 saturated heterocycles. The highest BCUT2D eigenvalue weighted by Gasteiger charge is 2.27. The van der Waals surface area contributed by atoms with Gasteiger partial charge in [0.15, 0.2) is 0 Å². The first-order chi connectivity index (χ1) is 15.4. The van der Waals surface area contributed by atoms with Crippen LogP contribution in [0.5, 0.6) is 0 Å². The molecule has 2 heterocycles. The Bertz CT molecular complexity index is 977. The molecule has 0 bridgehead atoms. The minimum absolute atomic E-state index is 0.0448. The number of aliphatic hydroxyl groups is 1. The van der Waals surface area contributed by atoms with Gasteiger partial charge < -0.3 is 9.84 Å². The van der Waals surface area contributed by atoms with Gasteiger partial charge >= 0.3 is 5.97 Å². The normalized spacial score (nSPS) is 22.5. The molecule has 2 fully saturated rings. The first-order valence-corrected chi connectivity index (χ1v) is 11.8. The number of esters is 1. The number of carbonyl (C=O) groups is 1. The topological polar surface area (TPSA) is 59.4 Å². The van der Waals surface area contributed by atoms with E-state index in [1.807, 2.05) is 12.2 Å². The molecule has 0 amide bonds. The van der Waals surface area contributed by atoms with Gasteiger partial charge in [0.05, 0.1) is 18.2 Å². The molecule has 4 nitrogen and oxygen atoms in total. The van der Waals surface area contributed by atoms with Crippen molar-refractivity contribution in [2.75, 3.05) is 0 Å². The highest BCUT2D eigenvalue weighted by atomic mass is 19.1. The Balaban J connectivity index is 1.82. The summed E-state index contributed by atoms with van der Waals surface area (Å²) >= 11 is 0. The molecule has 2 atom stereocenters. The van der Waals surface area contributed by atoms with Crippen molar-refractivity contribution in [3.05, 3.63) is 59.2 Å². The zero-order valence-corrected chi connectivity index (χ0v) is 18.9. The van der Waals surface area contributed by atoms with Crippen LogP contribution in [-0.2, 0) is 9.53 Å². The van der Waals surface area contributed by atoms with E-state index in [2.05, 4.69) is 19.9 Å². The van der Waals surface area contributed by atoms with Crippen molar-refractivity contribution in [3.8, 4) is 11.1 Å². The first kappa shape index (κ1) is 22.7. The summed E-state index contributed by atoms with van der Waals surface area (Å²) in [6.07, 6.45) is 9.02. The van der Waals surface area contributed by atoms with Crippen molar-refractivity contribution in [2.24, 2.45) is 0 Å². The highest BCUT2D eigenvalue weighted by molar-refractivity contribution is 5.78. The van der Waals surface area contributed by atoms with Crippen molar-refractivity contribution in [1.82, 2.24) is 4.98 Å². The fraction of sp³-hybridized carbons (Fsp3) is 0.481. The number of pyridine rings is 1. The van der Waals surface area contributed by atoms with Gasteiger partial charge in [0, 0.05) is 23.6 Å². The highest BCUT2D eigenvalue weighted by Crippen LogP contribution is 2.39. The summed E-state index contributed by atoms with van der Waals surface area (Å²) in [6, 6.07) is 8.68. The van der Waals surface area contributed by atoms with Gasteiger partial charge in [0.25, 0.3) is 0 Å². The van der Waals surface area contributed by atoms with Crippen LogP contribution in [0.1, 0.15) is 87.6 Å². The minimum Gasteiger partial charge on any atom is -0.458 e. The number of benzene rings is 1. The molecule has 0 radical (unpaired) electrons. The molecule has 32 heavy (non-hydrogen) atoms. The van der Waals surface area contributed by atoms with Crippen molar-refractivity contribution in [2.45, 2.75) is 82.8 Å². The standard InChI is InChI=1S/C27H32FNO3/c1-17(2)25-16-24(18-8-10-20(28)11-9-18)23(27(29-25)19-6-4-3-5-7-19)13-12-22-14-21(30)15-26(31)32-22/h8-13,16-17,19,21-22,30H,3-7,14-15H2,1-2H3/t21-,22-/m1/s1. The number of rotatable bonds is 5. The van der Waals surface area contributed by atoms with Crippen molar-refractivity contribution < 1.29 is 19.0 Å². The van der Waals surface area contributed by atoms with Crippen molar-refractivity contribution >= 4 is 12.0 Å². The molecule has 0 unspecified atom stereocenters. The average Bonchev–Trinajstić information content (AvgIpc) is 2.77. The number of cyclic esters (lactones) is 1. The maximum absolute atomic E-state index is 13.6. The van der Waals surface area contributed by atoms with Crippen LogP contribution < -0.4 is 0 Å². The lowest BCUT2D eigenvalue weighted by Gasteiger charge is -2.26. The number of carbonyl (C=O) groups excluding carboxylic acids is 1. The molecule has 1 aliphatic heterocycles. The van der Waals surface area contributed by atoms with Gasteiger partial charge in [-0.15, -0.1) is 0 Å². The predicted octanol–water partition coefficient (Wildman–Crippen LogP) is 6.14. The van der Waals surface area contributed by atoms with Crippen LogP contribution in [-0.4, -0.2) is 28.3 Å². The summed E-state index contributed by atoms with van der Waals surface area (Å²) in [5, 5.41) is 9.98. The molecule has 1 aliphatic carbocycles. The molecule has 1 aromatic carbocycles. The van der Waals surface area contributed by atoms with Gasteiger partial charge in [-0.25, -0.2) is 4.39 Å². The molecule has 2 aliphatic rings. The number of nitrogens with zero attached hydrogens (tertiary/aromatic N) is 1.